The molecule has 1 aromatic rings. The van der Waals surface area contributed by atoms with E-state index in [-0.39, 0.29) is 12.3 Å². The minimum atomic E-state index is -1.24. The van der Waals surface area contributed by atoms with Gasteiger partial charge in [-0.25, -0.2) is 4.39 Å². The van der Waals surface area contributed by atoms with E-state index < -0.39 is 42.8 Å². The van der Waals surface area contributed by atoms with Crippen molar-refractivity contribution >= 4 is 5.69 Å². The predicted molar refractivity (Wildman–Crippen MR) is 71.0 cm³/mol. The van der Waals surface area contributed by atoms with Crippen LogP contribution in [0.2, 0.25) is 0 Å². The lowest BCUT2D eigenvalue weighted by Crippen LogP contribution is -2.64. The third-order valence-corrected chi connectivity index (χ3v) is 3.70. The number of aliphatic hydroxyl groups excluding tert-OH is 2. The molecule has 21 heavy (non-hydrogen) atoms. The third-order valence-electron chi connectivity index (χ3n) is 3.70. The van der Waals surface area contributed by atoms with Gasteiger partial charge in [0.15, 0.2) is 12.5 Å². The molecule has 0 aromatic heterocycles. The molecule has 0 spiro atoms. The van der Waals surface area contributed by atoms with Crippen LogP contribution in [-0.4, -0.2) is 53.8 Å². The SMILES string of the molecule is CC1OC[C@H]2O[C@@H](Nc3ccccc3F)[C@H](O)[C@@H](O)[C@@H]2O1. The highest BCUT2D eigenvalue weighted by Gasteiger charge is 2.48. The minimum Gasteiger partial charge on any atom is -0.387 e. The van der Waals surface area contributed by atoms with Crippen molar-refractivity contribution in [3.05, 3.63) is 30.1 Å². The van der Waals surface area contributed by atoms with Crippen LogP contribution in [0.3, 0.4) is 0 Å². The van der Waals surface area contributed by atoms with E-state index in [0.717, 1.165) is 0 Å². The molecule has 6 atom stereocenters. The van der Waals surface area contributed by atoms with Crippen LogP contribution < -0.4 is 5.32 Å². The number of para-hydroxylation sites is 1. The molecule has 0 radical (unpaired) electrons. The first kappa shape index (κ1) is 14.7. The van der Waals surface area contributed by atoms with Crippen molar-refractivity contribution in [2.45, 2.75) is 43.9 Å². The monoisotopic (exact) mass is 299 g/mol. The number of benzene rings is 1. The average molecular weight is 299 g/mol. The fourth-order valence-electron chi connectivity index (χ4n) is 2.58. The Hall–Kier alpha value is -1.25. The van der Waals surface area contributed by atoms with Gasteiger partial charge in [0.1, 0.15) is 30.2 Å². The van der Waals surface area contributed by atoms with Crippen LogP contribution in [-0.2, 0) is 14.2 Å². The van der Waals surface area contributed by atoms with E-state index in [1.807, 2.05) is 0 Å². The number of anilines is 1. The van der Waals surface area contributed by atoms with E-state index in [9.17, 15) is 14.6 Å². The number of aliphatic hydroxyl groups is 2. The first-order chi connectivity index (χ1) is 10.1. The Morgan fingerprint density at radius 2 is 1.95 bits per heavy atom. The van der Waals surface area contributed by atoms with Gasteiger partial charge in [-0.2, -0.15) is 0 Å². The second kappa shape index (κ2) is 5.86. The van der Waals surface area contributed by atoms with Crippen molar-refractivity contribution < 1.29 is 28.8 Å². The summed E-state index contributed by atoms with van der Waals surface area (Å²) in [5.41, 5.74) is 0.193. The van der Waals surface area contributed by atoms with Gasteiger partial charge in [0, 0.05) is 0 Å². The molecule has 116 valence electrons. The maximum Gasteiger partial charge on any atom is 0.157 e. The summed E-state index contributed by atoms with van der Waals surface area (Å²) in [6.45, 7) is 1.95. The lowest BCUT2D eigenvalue weighted by atomic mass is 9.97. The van der Waals surface area contributed by atoms with Gasteiger partial charge in [0.25, 0.3) is 0 Å². The topological polar surface area (TPSA) is 80.2 Å². The summed E-state index contributed by atoms with van der Waals surface area (Å²) in [5, 5.41) is 23.1. The minimum absolute atomic E-state index is 0.193. The van der Waals surface area contributed by atoms with Gasteiger partial charge in [0.05, 0.1) is 12.3 Å². The van der Waals surface area contributed by atoms with Gasteiger partial charge in [-0.05, 0) is 19.1 Å². The highest BCUT2D eigenvalue weighted by atomic mass is 19.1. The van der Waals surface area contributed by atoms with Crippen molar-refractivity contribution in [2.75, 3.05) is 11.9 Å². The van der Waals surface area contributed by atoms with Gasteiger partial charge >= 0.3 is 0 Å². The van der Waals surface area contributed by atoms with E-state index >= 15 is 0 Å². The van der Waals surface area contributed by atoms with Gasteiger partial charge in [-0.1, -0.05) is 12.1 Å². The molecule has 3 rings (SSSR count). The second-order valence-electron chi connectivity index (χ2n) is 5.20. The highest BCUT2D eigenvalue weighted by Crippen LogP contribution is 2.29. The third kappa shape index (κ3) is 2.88. The van der Waals surface area contributed by atoms with Crippen LogP contribution in [0, 0.1) is 5.82 Å². The standard InChI is InChI=1S/C14H18FNO5/c1-7-19-6-10-13(20-7)11(17)12(18)14(21-10)16-9-5-3-2-4-8(9)15/h2-5,7,10-14,16-18H,6H2,1H3/t7?,10-,11-,12-,13-,14-/m1/s1. The smallest absolute Gasteiger partial charge is 0.157 e. The Morgan fingerprint density at radius 1 is 1.19 bits per heavy atom. The molecule has 0 aliphatic carbocycles. The van der Waals surface area contributed by atoms with Crippen LogP contribution in [0.5, 0.6) is 0 Å². The molecule has 2 fully saturated rings. The number of fused-ring (bicyclic) bond motifs is 1. The second-order valence-corrected chi connectivity index (χ2v) is 5.20. The average Bonchev–Trinajstić information content (AvgIpc) is 2.47. The molecule has 3 N–H and O–H groups in total. The largest absolute Gasteiger partial charge is 0.387 e. The maximum absolute atomic E-state index is 13.6. The summed E-state index contributed by atoms with van der Waals surface area (Å²) >= 11 is 0. The molecule has 0 saturated carbocycles. The molecule has 1 aromatic carbocycles. The van der Waals surface area contributed by atoms with Crippen molar-refractivity contribution in [3.63, 3.8) is 0 Å². The van der Waals surface area contributed by atoms with Crippen LogP contribution in [0.1, 0.15) is 6.92 Å². The van der Waals surface area contributed by atoms with Crippen LogP contribution in [0.25, 0.3) is 0 Å². The number of rotatable bonds is 2. The first-order valence-electron chi connectivity index (χ1n) is 6.86. The number of ether oxygens (including phenoxy) is 3. The van der Waals surface area contributed by atoms with E-state index in [1.165, 1.54) is 12.1 Å². The summed E-state index contributed by atoms with van der Waals surface area (Å²) < 4.78 is 30.0. The fraction of sp³-hybridized carbons (Fsp3) is 0.571. The van der Waals surface area contributed by atoms with E-state index in [2.05, 4.69) is 5.32 Å². The molecule has 2 aliphatic rings. The van der Waals surface area contributed by atoms with E-state index in [4.69, 9.17) is 14.2 Å². The van der Waals surface area contributed by atoms with E-state index in [1.54, 1.807) is 19.1 Å². The zero-order valence-electron chi connectivity index (χ0n) is 11.5. The number of hydrogen-bond donors (Lipinski definition) is 3. The number of nitrogens with one attached hydrogen (secondary N) is 1. The number of halogens is 1. The summed E-state index contributed by atoms with van der Waals surface area (Å²) in [5.74, 6) is -0.463. The molecular formula is C14H18FNO5. The quantitative estimate of drug-likeness (QED) is 0.735. The summed E-state index contributed by atoms with van der Waals surface area (Å²) in [7, 11) is 0. The molecule has 1 unspecified atom stereocenters. The Bertz CT molecular complexity index is 500. The van der Waals surface area contributed by atoms with Crippen molar-refractivity contribution in [1.29, 1.82) is 0 Å². The lowest BCUT2D eigenvalue weighted by Gasteiger charge is -2.46. The highest BCUT2D eigenvalue weighted by molar-refractivity contribution is 5.45. The zero-order chi connectivity index (χ0) is 15.0. The number of hydrogen-bond acceptors (Lipinski definition) is 6. The van der Waals surface area contributed by atoms with Crippen molar-refractivity contribution in [3.8, 4) is 0 Å². The Morgan fingerprint density at radius 3 is 2.71 bits per heavy atom. The fourth-order valence-corrected chi connectivity index (χ4v) is 2.58. The molecule has 0 bridgehead atoms. The van der Waals surface area contributed by atoms with Crippen LogP contribution in [0.15, 0.2) is 24.3 Å². The van der Waals surface area contributed by atoms with E-state index in [0.29, 0.717) is 0 Å². The van der Waals surface area contributed by atoms with Gasteiger partial charge in [-0.15, -0.1) is 0 Å². The summed E-state index contributed by atoms with van der Waals surface area (Å²) in [6, 6.07) is 6.05. The molecule has 7 heteroatoms. The molecule has 2 saturated heterocycles. The van der Waals surface area contributed by atoms with Crippen LogP contribution >= 0.6 is 0 Å². The molecule has 2 heterocycles. The van der Waals surface area contributed by atoms with Gasteiger partial charge in [-0.3, -0.25) is 0 Å². The Balaban J connectivity index is 1.74. The molecule has 6 nitrogen and oxygen atoms in total. The van der Waals surface area contributed by atoms with Crippen LogP contribution in [0.4, 0.5) is 10.1 Å². The van der Waals surface area contributed by atoms with Crippen molar-refractivity contribution in [2.24, 2.45) is 0 Å². The van der Waals surface area contributed by atoms with Gasteiger partial charge < -0.3 is 29.7 Å². The maximum atomic E-state index is 13.6. The predicted octanol–water partition coefficient (Wildman–Crippen LogP) is 0.446. The lowest BCUT2D eigenvalue weighted by molar-refractivity contribution is -0.317. The molecular weight excluding hydrogens is 281 g/mol. The normalized spacial score (nSPS) is 39.6. The van der Waals surface area contributed by atoms with Gasteiger partial charge in [0.2, 0.25) is 0 Å². The Labute approximate surface area is 121 Å². The summed E-state index contributed by atoms with van der Waals surface area (Å²) in [6.07, 6.45) is -4.98. The Kier molecular flexibility index (Phi) is 4.10. The van der Waals surface area contributed by atoms with Crippen molar-refractivity contribution in [1.82, 2.24) is 0 Å². The zero-order valence-corrected chi connectivity index (χ0v) is 11.5. The molecule has 2 aliphatic heterocycles. The molecule has 0 amide bonds. The summed E-state index contributed by atoms with van der Waals surface area (Å²) in [4.78, 5) is 0. The first-order valence-corrected chi connectivity index (χ1v) is 6.86.